The van der Waals surface area contributed by atoms with Crippen molar-refractivity contribution in [3.8, 4) is 0 Å². The van der Waals surface area contributed by atoms with Gasteiger partial charge in [-0.25, -0.2) is 0 Å². The predicted octanol–water partition coefficient (Wildman–Crippen LogP) is 0.948. The van der Waals surface area contributed by atoms with Crippen molar-refractivity contribution in [2.75, 3.05) is 12.2 Å². The second-order valence-corrected chi connectivity index (χ2v) is 3.34. The fraction of sp³-hybridized carbons (Fsp3) is 0.200. The summed E-state index contributed by atoms with van der Waals surface area (Å²) in [5.74, 6) is 0.122. The summed E-state index contributed by atoms with van der Waals surface area (Å²) in [6.45, 7) is 0.518. The van der Waals surface area contributed by atoms with Gasteiger partial charge in [-0.15, -0.1) is 4.94 Å². The van der Waals surface area contributed by atoms with Gasteiger partial charge in [0.15, 0.2) is 5.82 Å². The van der Waals surface area contributed by atoms with Gasteiger partial charge >= 0.3 is 0 Å². The number of hydroxylamine groups is 3. The Labute approximate surface area is 92.9 Å². The van der Waals surface area contributed by atoms with Crippen molar-refractivity contribution in [1.29, 1.82) is 0 Å². The molecule has 0 unspecified atom stereocenters. The third kappa shape index (κ3) is 2.08. The van der Waals surface area contributed by atoms with Crippen LogP contribution in [-0.4, -0.2) is 17.5 Å². The molecule has 2 rings (SSSR count). The number of benzene rings is 1. The van der Waals surface area contributed by atoms with Crippen LogP contribution in [0.15, 0.2) is 36.3 Å². The van der Waals surface area contributed by atoms with Crippen molar-refractivity contribution in [3.05, 3.63) is 41.8 Å². The summed E-state index contributed by atoms with van der Waals surface area (Å²) in [5, 5.41) is 11.0. The number of nitrogens with zero attached hydrogens (tertiary/aromatic N) is 2. The van der Waals surface area contributed by atoms with Crippen molar-refractivity contribution >= 4 is 5.69 Å². The molecule has 0 fully saturated rings. The van der Waals surface area contributed by atoms with Gasteiger partial charge in [0.1, 0.15) is 0 Å². The van der Waals surface area contributed by atoms with Crippen LogP contribution in [0.5, 0.6) is 0 Å². The van der Waals surface area contributed by atoms with Crippen molar-refractivity contribution in [2.45, 2.75) is 6.61 Å². The summed E-state index contributed by atoms with van der Waals surface area (Å²) in [7, 11) is 1.63. The Morgan fingerprint density at radius 2 is 2.31 bits per heavy atom. The van der Waals surface area contributed by atoms with E-state index in [-0.39, 0.29) is 5.82 Å². The van der Waals surface area contributed by atoms with Crippen LogP contribution in [0.25, 0.3) is 0 Å². The van der Waals surface area contributed by atoms with Gasteiger partial charge in [-0.05, 0) is 17.7 Å². The molecular weight excluding hydrogens is 210 g/mol. The number of anilines is 1. The highest BCUT2D eigenvalue weighted by Gasteiger charge is 2.20. The number of methoxy groups -OCH3 is 1. The molecule has 3 N–H and O–H groups in total. The first-order chi connectivity index (χ1) is 7.70. The third-order valence-corrected chi connectivity index (χ3v) is 2.11. The van der Waals surface area contributed by atoms with Gasteiger partial charge in [0, 0.05) is 7.11 Å². The number of ether oxygens (including phenoxy) is 1. The summed E-state index contributed by atoms with van der Waals surface area (Å²) >= 11 is 0. The van der Waals surface area contributed by atoms with E-state index in [0.29, 0.717) is 11.8 Å². The molecule has 1 aliphatic heterocycles. The van der Waals surface area contributed by atoms with Crippen LogP contribution < -0.4 is 10.8 Å². The van der Waals surface area contributed by atoms with E-state index in [1.807, 2.05) is 24.3 Å². The fourth-order valence-electron chi connectivity index (χ4n) is 1.40. The molecule has 1 aliphatic rings. The van der Waals surface area contributed by atoms with Gasteiger partial charge in [-0.2, -0.15) is 5.06 Å². The average Bonchev–Trinajstić information content (AvgIpc) is 2.60. The molecule has 1 heterocycles. The molecule has 0 radical (unpaired) electrons. The first-order valence-corrected chi connectivity index (χ1v) is 4.72. The molecule has 0 saturated heterocycles. The maximum Gasteiger partial charge on any atom is 0.176 e. The molecule has 6 nitrogen and oxygen atoms in total. The Bertz CT molecular complexity index is 408. The van der Waals surface area contributed by atoms with E-state index in [0.717, 1.165) is 11.3 Å². The maximum atomic E-state index is 9.15. The molecule has 1 aromatic carbocycles. The highest BCUT2D eigenvalue weighted by molar-refractivity contribution is 5.49. The number of hydrogen-bond donors (Lipinski definition) is 2. The Hall–Kier alpha value is -1.76. The summed E-state index contributed by atoms with van der Waals surface area (Å²) in [5.41, 5.74) is 7.21. The highest BCUT2D eigenvalue weighted by Crippen LogP contribution is 2.22. The molecule has 0 saturated carbocycles. The second kappa shape index (κ2) is 4.40. The normalized spacial score (nSPS) is 15.5. The minimum absolute atomic E-state index is 0.122. The second-order valence-electron chi connectivity index (χ2n) is 3.34. The Balaban J connectivity index is 2.18. The van der Waals surface area contributed by atoms with Crippen LogP contribution in [-0.2, 0) is 16.3 Å². The van der Waals surface area contributed by atoms with Gasteiger partial charge in [0.2, 0.25) is 0 Å². The quantitative estimate of drug-likeness (QED) is 0.795. The van der Waals surface area contributed by atoms with Gasteiger partial charge in [-0.1, -0.05) is 17.4 Å². The predicted molar refractivity (Wildman–Crippen MR) is 56.6 cm³/mol. The molecule has 0 aromatic heterocycles. The summed E-state index contributed by atoms with van der Waals surface area (Å²) in [6.07, 6.45) is 1.48. The minimum atomic E-state index is 0.122. The molecule has 16 heavy (non-hydrogen) atoms. The fourth-order valence-corrected chi connectivity index (χ4v) is 1.40. The van der Waals surface area contributed by atoms with E-state index in [4.69, 9.17) is 20.6 Å². The van der Waals surface area contributed by atoms with Crippen LogP contribution in [0.3, 0.4) is 0 Å². The van der Waals surface area contributed by atoms with E-state index >= 15 is 0 Å². The minimum Gasteiger partial charge on any atom is -0.380 e. The molecule has 0 spiro atoms. The summed E-state index contributed by atoms with van der Waals surface area (Å²) in [4.78, 5) is 4.96. The standard InChI is InChI=1S/C10H13N3O3/c1-15-7-8-3-2-4-9(5-8)12-6-10(11)13(14)16-12/h2-6,14H,7,11H2,1H3. The molecule has 86 valence electrons. The van der Waals surface area contributed by atoms with Crippen molar-refractivity contribution in [1.82, 2.24) is 5.23 Å². The highest BCUT2D eigenvalue weighted by atomic mass is 17.0. The van der Waals surface area contributed by atoms with Crippen LogP contribution in [0.2, 0.25) is 0 Å². The molecule has 1 aromatic rings. The van der Waals surface area contributed by atoms with Crippen molar-refractivity contribution in [3.63, 3.8) is 0 Å². The number of nitrogens with two attached hydrogens (primary N) is 1. The van der Waals surface area contributed by atoms with E-state index in [2.05, 4.69) is 0 Å². The zero-order valence-corrected chi connectivity index (χ0v) is 8.83. The van der Waals surface area contributed by atoms with Gasteiger partial charge in [-0.3, -0.25) is 5.21 Å². The largest absolute Gasteiger partial charge is 0.380 e. The molecule has 6 heteroatoms. The van der Waals surface area contributed by atoms with Gasteiger partial charge < -0.3 is 10.5 Å². The van der Waals surface area contributed by atoms with E-state index in [1.165, 1.54) is 11.3 Å². The average molecular weight is 223 g/mol. The Morgan fingerprint density at radius 3 is 2.94 bits per heavy atom. The van der Waals surface area contributed by atoms with Crippen molar-refractivity contribution in [2.24, 2.45) is 5.73 Å². The van der Waals surface area contributed by atoms with Crippen LogP contribution in [0.4, 0.5) is 5.69 Å². The van der Waals surface area contributed by atoms with Gasteiger partial charge in [0.05, 0.1) is 18.5 Å². The Kier molecular flexibility index (Phi) is 2.95. The number of hydrogen-bond acceptors (Lipinski definition) is 6. The monoisotopic (exact) mass is 223 g/mol. The molecular formula is C10H13N3O3. The SMILES string of the molecule is COCc1cccc(N2C=C(N)N(O)O2)c1. The lowest BCUT2D eigenvalue weighted by Crippen LogP contribution is -2.22. The molecule has 0 atom stereocenters. The van der Waals surface area contributed by atoms with E-state index in [9.17, 15) is 0 Å². The van der Waals surface area contributed by atoms with Crippen LogP contribution in [0, 0.1) is 0 Å². The van der Waals surface area contributed by atoms with Crippen LogP contribution in [0.1, 0.15) is 5.56 Å². The molecule has 0 amide bonds. The molecule has 0 aliphatic carbocycles. The zero-order valence-electron chi connectivity index (χ0n) is 8.83. The zero-order chi connectivity index (χ0) is 11.5. The van der Waals surface area contributed by atoms with E-state index < -0.39 is 0 Å². The maximum absolute atomic E-state index is 9.15. The van der Waals surface area contributed by atoms with E-state index in [1.54, 1.807) is 7.11 Å². The van der Waals surface area contributed by atoms with Crippen LogP contribution >= 0.6 is 0 Å². The Morgan fingerprint density at radius 1 is 1.50 bits per heavy atom. The first kappa shape index (κ1) is 10.7. The lowest BCUT2D eigenvalue weighted by molar-refractivity contribution is -0.304. The first-order valence-electron chi connectivity index (χ1n) is 4.72. The van der Waals surface area contributed by atoms with Crippen molar-refractivity contribution < 1.29 is 14.9 Å². The lowest BCUT2D eigenvalue weighted by atomic mass is 10.2. The molecule has 0 bridgehead atoms. The summed E-state index contributed by atoms with van der Waals surface area (Å²) in [6, 6.07) is 7.53. The lowest BCUT2D eigenvalue weighted by Gasteiger charge is -2.15. The third-order valence-electron chi connectivity index (χ3n) is 2.11. The number of rotatable bonds is 3. The smallest absolute Gasteiger partial charge is 0.176 e. The summed E-state index contributed by atoms with van der Waals surface area (Å²) < 4.78 is 5.03. The van der Waals surface area contributed by atoms with Gasteiger partial charge in [0.25, 0.3) is 0 Å². The topological polar surface area (TPSA) is 71.2 Å².